The lowest BCUT2D eigenvalue weighted by Crippen LogP contribution is -2.12. The Hall–Kier alpha value is -1.11. The molecule has 3 rings (SSSR count). The molecule has 1 heterocycles. The van der Waals surface area contributed by atoms with Crippen molar-refractivity contribution in [3.8, 4) is 0 Å². The van der Waals surface area contributed by atoms with Crippen LogP contribution < -0.4 is 5.73 Å². The largest absolute Gasteiger partial charge is 0.383 e. The lowest BCUT2D eigenvalue weighted by molar-refractivity contribution is 0.527. The summed E-state index contributed by atoms with van der Waals surface area (Å²) in [6.45, 7) is 0. The molecule has 1 aliphatic carbocycles. The van der Waals surface area contributed by atoms with Crippen molar-refractivity contribution in [2.24, 2.45) is 0 Å². The number of halogens is 2. The highest BCUT2D eigenvalue weighted by Crippen LogP contribution is 2.36. The Bertz CT molecular complexity index is 579. The summed E-state index contributed by atoms with van der Waals surface area (Å²) in [5.74, 6) is 0.540. The van der Waals surface area contributed by atoms with E-state index in [9.17, 15) is 4.39 Å². The summed E-state index contributed by atoms with van der Waals surface area (Å²) in [5, 5.41) is 4.29. The molecule has 2 aromatic rings. The maximum atomic E-state index is 13.6. The van der Waals surface area contributed by atoms with Crippen LogP contribution in [0.15, 0.2) is 24.4 Å². The zero-order valence-corrected chi connectivity index (χ0v) is 11.2. The van der Waals surface area contributed by atoms with Gasteiger partial charge in [0.05, 0.1) is 15.8 Å². The molecule has 0 spiro atoms. The Labute approximate surface area is 112 Å². The number of hydrogen-bond donors (Lipinski definition) is 1. The average Bonchev–Trinajstić information content (AvgIpc) is 2.86. The van der Waals surface area contributed by atoms with Crippen molar-refractivity contribution >= 4 is 28.4 Å². The fourth-order valence-electron chi connectivity index (χ4n) is 2.44. The normalized spacial score (nSPS) is 18.4. The fourth-order valence-corrected chi connectivity index (χ4v) is 2.81. The summed E-state index contributed by atoms with van der Waals surface area (Å²) >= 11 is 2.16. The van der Waals surface area contributed by atoms with Crippen molar-refractivity contribution in [3.05, 3.63) is 44.9 Å². The average molecular weight is 343 g/mol. The van der Waals surface area contributed by atoms with Crippen molar-refractivity contribution in [2.75, 3.05) is 5.73 Å². The molecule has 0 saturated heterocycles. The predicted molar refractivity (Wildman–Crippen MR) is 72.2 cm³/mol. The van der Waals surface area contributed by atoms with E-state index >= 15 is 0 Å². The number of nitrogen functional groups attached to an aromatic ring is 1. The predicted octanol–water partition coefficient (Wildman–Crippen LogP) is 2.74. The maximum absolute atomic E-state index is 13.6. The van der Waals surface area contributed by atoms with Gasteiger partial charge >= 0.3 is 0 Å². The minimum absolute atomic E-state index is 0.0733. The third-order valence-corrected chi connectivity index (χ3v) is 4.10. The molecule has 88 valence electrons. The summed E-state index contributed by atoms with van der Waals surface area (Å²) in [4.78, 5) is 0. The van der Waals surface area contributed by atoms with Crippen molar-refractivity contribution in [2.45, 2.75) is 18.9 Å². The van der Waals surface area contributed by atoms with Crippen LogP contribution in [0.1, 0.15) is 23.6 Å². The van der Waals surface area contributed by atoms with Gasteiger partial charge in [-0.1, -0.05) is 12.1 Å². The summed E-state index contributed by atoms with van der Waals surface area (Å²) in [5.41, 5.74) is 7.79. The van der Waals surface area contributed by atoms with Crippen LogP contribution in [0.2, 0.25) is 0 Å². The SMILES string of the molecule is Nc1c(I)cnn1C1CCc2c(F)cccc21. The molecule has 1 aromatic heterocycles. The van der Waals surface area contributed by atoms with Gasteiger partial charge in [-0.3, -0.25) is 0 Å². The first-order valence-corrected chi connectivity index (χ1v) is 6.52. The molecule has 1 aliphatic rings. The number of aromatic nitrogens is 2. The molecule has 1 unspecified atom stereocenters. The minimum Gasteiger partial charge on any atom is -0.383 e. The minimum atomic E-state index is -0.120. The van der Waals surface area contributed by atoms with E-state index in [0.29, 0.717) is 5.82 Å². The van der Waals surface area contributed by atoms with E-state index in [1.807, 2.05) is 6.07 Å². The number of nitrogens with two attached hydrogens (primary N) is 1. The van der Waals surface area contributed by atoms with Gasteiger partial charge in [-0.15, -0.1) is 0 Å². The van der Waals surface area contributed by atoms with Crippen molar-refractivity contribution in [3.63, 3.8) is 0 Å². The van der Waals surface area contributed by atoms with Gasteiger partial charge in [0.25, 0.3) is 0 Å². The first-order valence-electron chi connectivity index (χ1n) is 5.44. The maximum Gasteiger partial charge on any atom is 0.135 e. The van der Waals surface area contributed by atoms with Gasteiger partial charge in [0.15, 0.2) is 0 Å². The molecule has 0 radical (unpaired) electrons. The smallest absolute Gasteiger partial charge is 0.135 e. The second-order valence-electron chi connectivity index (χ2n) is 4.18. The van der Waals surface area contributed by atoms with Gasteiger partial charge in [0.1, 0.15) is 11.6 Å². The van der Waals surface area contributed by atoms with Crippen molar-refractivity contribution < 1.29 is 4.39 Å². The number of benzene rings is 1. The van der Waals surface area contributed by atoms with Crippen LogP contribution in [0.5, 0.6) is 0 Å². The molecule has 1 atom stereocenters. The van der Waals surface area contributed by atoms with Gasteiger partial charge in [-0.2, -0.15) is 5.10 Å². The van der Waals surface area contributed by atoms with Gasteiger partial charge < -0.3 is 5.73 Å². The number of rotatable bonds is 1. The third kappa shape index (κ3) is 1.64. The Morgan fingerprint density at radius 2 is 2.29 bits per heavy atom. The molecule has 2 N–H and O–H groups in total. The van der Waals surface area contributed by atoms with Gasteiger partial charge in [0.2, 0.25) is 0 Å². The fraction of sp³-hybridized carbons (Fsp3) is 0.250. The van der Waals surface area contributed by atoms with E-state index in [1.54, 1.807) is 16.9 Å². The summed E-state index contributed by atoms with van der Waals surface area (Å²) in [7, 11) is 0. The van der Waals surface area contributed by atoms with Crippen LogP contribution in [0, 0.1) is 9.39 Å². The topological polar surface area (TPSA) is 43.8 Å². The summed E-state index contributed by atoms with van der Waals surface area (Å²) in [6, 6.07) is 5.29. The lowest BCUT2D eigenvalue weighted by Gasteiger charge is -2.14. The molecule has 3 nitrogen and oxygen atoms in total. The molecule has 5 heteroatoms. The second-order valence-corrected chi connectivity index (χ2v) is 5.35. The van der Waals surface area contributed by atoms with Gasteiger partial charge in [-0.25, -0.2) is 9.07 Å². The first-order chi connectivity index (χ1) is 8.18. The molecule has 1 aromatic carbocycles. The molecule has 0 aliphatic heterocycles. The van der Waals surface area contributed by atoms with E-state index in [4.69, 9.17) is 5.73 Å². The zero-order chi connectivity index (χ0) is 12.0. The summed E-state index contributed by atoms with van der Waals surface area (Å²) in [6.07, 6.45) is 3.36. The van der Waals surface area contributed by atoms with Crippen LogP contribution in [-0.4, -0.2) is 9.78 Å². The Balaban J connectivity index is 2.10. The van der Waals surface area contributed by atoms with E-state index in [1.165, 1.54) is 6.07 Å². The Kier molecular flexibility index (Phi) is 2.57. The number of fused-ring (bicyclic) bond motifs is 1. The molecular formula is C12H11FIN3. The van der Waals surface area contributed by atoms with Crippen LogP contribution in [0.25, 0.3) is 0 Å². The lowest BCUT2D eigenvalue weighted by atomic mass is 10.1. The molecule has 0 bridgehead atoms. The van der Waals surface area contributed by atoms with E-state index < -0.39 is 0 Å². The van der Waals surface area contributed by atoms with E-state index in [2.05, 4.69) is 27.7 Å². The van der Waals surface area contributed by atoms with Crippen molar-refractivity contribution in [1.82, 2.24) is 9.78 Å². The molecule has 0 saturated carbocycles. The second kappa shape index (κ2) is 3.97. The van der Waals surface area contributed by atoms with E-state index in [0.717, 1.165) is 27.5 Å². The van der Waals surface area contributed by atoms with Crippen LogP contribution in [0.3, 0.4) is 0 Å². The number of hydrogen-bond acceptors (Lipinski definition) is 2. The van der Waals surface area contributed by atoms with E-state index in [-0.39, 0.29) is 11.9 Å². The molecular weight excluding hydrogens is 332 g/mol. The quantitative estimate of drug-likeness (QED) is 0.810. The third-order valence-electron chi connectivity index (χ3n) is 3.26. The Morgan fingerprint density at radius 3 is 3.00 bits per heavy atom. The number of anilines is 1. The van der Waals surface area contributed by atoms with Crippen LogP contribution in [0.4, 0.5) is 10.2 Å². The Morgan fingerprint density at radius 1 is 1.47 bits per heavy atom. The van der Waals surface area contributed by atoms with Crippen LogP contribution in [-0.2, 0) is 6.42 Å². The highest BCUT2D eigenvalue weighted by molar-refractivity contribution is 14.1. The highest BCUT2D eigenvalue weighted by Gasteiger charge is 2.28. The monoisotopic (exact) mass is 343 g/mol. The number of nitrogens with zero attached hydrogens (tertiary/aromatic N) is 2. The summed E-state index contributed by atoms with van der Waals surface area (Å²) < 4.78 is 16.4. The first kappa shape index (κ1) is 11.0. The van der Waals surface area contributed by atoms with Gasteiger partial charge in [-0.05, 0) is 52.6 Å². The highest BCUT2D eigenvalue weighted by atomic mass is 127. The van der Waals surface area contributed by atoms with Crippen molar-refractivity contribution in [1.29, 1.82) is 0 Å². The standard InChI is InChI=1S/C12H11FIN3/c13-9-3-1-2-8-7(9)4-5-11(8)17-12(15)10(14)6-16-17/h1-3,6,11H,4-5,15H2. The zero-order valence-electron chi connectivity index (χ0n) is 9.03. The molecule has 0 fully saturated rings. The van der Waals surface area contributed by atoms with Crippen LogP contribution >= 0.6 is 22.6 Å². The van der Waals surface area contributed by atoms with Gasteiger partial charge in [0, 0.05) is 0 Å². The molecule has 17 heavy (non-hydrogen) atoms. The molecule has 0 amide bonds.